The monoisotopic (exact) mass is 325 g/mol. The van der Waals surface area contributed by atoms with Gasteiger partial charge in [0.2, 0.25) is 0 Å². The topological polar surface area (TPSA) is 9.72 Å². The lowest BCUT2D eigenvalue weighted by Gasteiger charge is -2.36. The third-order valence-electron chi connectivity index (χ3n) is 4.70. The van der Waals surface area contributed by atoms with Crippen molar-refractivity contribution in [2.75, 3.05) is 45.8 Å². The van der Waals surface area contributed by atoms with Crippen molar-refractivity contribution >= 4 is 0 Å². The molecule has 2 unspecified atom stereocenters. The van der Waals surface area contributed by atoms with Crippen LogP contribution >= 0.6 is 0 Å². The van der Waals surface area contributed by atoms with Gasteiger partial charge in [-0.1, -0.05) is 18.2 Å². The number of rotatable bonds is 3. The molecule has 126 valence electrons. The Balaban J connectivity index is 1.76. The predicted octanol–water partition coefficient (Wildman–Crippen LogP) is 2.82. The van der Waals surface area contributed by atoms with Gasteiger partial charge in [0, 0.05) is 45.8 Å². The number of benzene rings is 1. The van der Waals surface area contributed by atoms with Crippen molar-refractivity contribution in [3.05, 3.63) is 48.0 Å². The molecule has 2 aliphatic rings. The van der Waals surface area contributed by atoms with E-state index < -0.39 is 11.7 Å². The summed E-state index contributed by atoms with van der Waals surface area (Å²) in [5.74, 6) is 0. The number of alkyl halides is 3. The number of hydrogen-bond acceptors (Lipinski definition) is 3. The van der Waals surface area contributed by atoms with Crippen LogP contribution in [0.4, 0.5) is 13.2 Å². The predicted molar refractivity (Wildman–Crippen MR) is 84.0 cm³/mol. The maximum Gasteiger partial charge on any atom is 0.416 e. The Kier molecular flexibility index (Phi) is 4.75. The van der Waals surface area contributed by atoms with Crippen LogP contribution < -0.4 is 0 Å². The van der Waals surface area contributed by atoms with Crippen LogP contribution in [0.3, 0.4) is 0 Å². The highest BCUT2D eigenvalue weighted by atomic mass is 19.4. The summed E-state index contributed by atoms with van der Waals surface area (Å²) in [6.45, 7) is 10.4. The van der Waals surface area contributed by atoms with Gasteiger partial charge < -0.3 is 0 Å². The fourth-order valence-corrected chi connectivity index (χ4v) is 3.48. The summed E-state index contributed by atoms with van der Waals surface area (Å²) in [5.41, 5.74) is 0.370. The summed E-state index contributed by atoms with van der Waals surface area (Å²) in [4.78, 5) is 7.08. The lowest BCUT2D eigenvalue weighted by molar-refractivity contribution is -0.137. The highest BCUT2D eigenvalue weighted by Crippen LogP contribution is 2.34. The van der Waals surface area contributed by atoms with Gasteiger partial charge in [-0.05, 0) is 17.7 Å². The van der Waals surface area contributed by atoms with Gasteiger partial charge in [-0.2, -0.15) is 13.2 Å². The second-order valence-electron chi connectivity index (χ2n) is 6.15. The van der Waals surface area contributed by atoms with E-state index in [1.807, 2.05) is 6.08 Å². The van der Waals surface area contributed by atoms with Gasteiger partial charge >= 0.3 is 6.18 Å². The zero-order valence-corrected chi connectivity index (χ0v) is 13.1. The van der Waals surface area contributed by atoms with Crippen LogP contribution in [-0.4, -0.2) is 60.5 Å². The molecular weight excluding hydrogens is 303 g/mol. The normalized spacial score (nSPS) is 29.1. The fourth-order valence-electron chi connectivity index (χ4n) is 3.48. The zero-order chi connectivity index (χ0) is 16.4. The molecule has 0 N–H and O–H groups in total. The minimum atomic E-state index is -4.27. The number of nitrogens with zero attached hydrogens (tertiary/aromatic N) is 3. The van der Waals surface area contributed by atoms with Crippen molar-refractivity contribution in [2.24, 2.45) is 0 Å². The van der Waals surface area contributed by atoms with Crippen LogP contribution in [-0.2, 0) is 6.18 Å². The van der Waals surface area contributed by atoms with Crippen molar-refractivity contribution in [3.8, 4) is 0 Å². The summed E-state index contributed by atoms with van der Waals surface area (Å²) < 4.78 is 38.2. The summed E-state index contributed by atoms with van der Waals surface area (Å²) in [7, 11) is 0. The average molecular weight is 325 g/mol. The molecule has 2 aliphatic heterocycles. The molecule has 1 aromatic carbocycles. The first-order valence-electron chi connectivity index (χ1n) is 7.97. The molecule has 0 aliphatic carbocycles. The number of hydrogen-bond donors (Lipinski definition) is 0. The Morgan fingerprint density at radius 1 is 0.957 bits per heavy atom. The van der Waals surface area contributed by atoms with Gasteiger partial charge in [-0.3, -0.25) is 14.7 Å². The van der Waals surface area contributed by atoms with Crippen LogP contribution in [0.2, 0.25) is 0 Å². The molecule has 2 heterocycles. The maximum atomic E-state index is 12.7. The van der Waals surface area contributed by atoms with E-state index in [2.05, 4.69) is 21.3 Å². The molecule has 6 heteroatoms. The molecule has 0 aromatic heterocycles. The summed E-state index contributed by atoms with van der Waals surface area (Å²) in [6, 6.07) is 5.64. The summed E-state index contributed by atoms with van der Waals surface area (Å²) >= 11 is 0. The van der Waals surface area contributed by atoms with Gasteiger partial charge in [0.25, 0.3) is 0 Å². The third kappa shape index (κ3) is 3.59. The molecule has 2 saturated heterocycles. The van der Waals surface area contributed by atoms with Gasteiger partial charge in [0.05, 0.1) is 11.7 Å². The van der Waals surface area contributed by atoms with Gasteiger partial charge in [-0.25, -0.2) is 0 Å². The lowest BCUT2D eigenvalue weighted by atomic mass is 10.1. The third-order valence-corrected chi connectivity index (χ3v) is 4.70. The van der Waals surface area contributed by atoms with Crippen LogP contribution in [0.25, 0.3) is 0 Å². The second-order valence-corrected chi connectivity index (χ2v) is 6.15. The minimum Gasteiger partial charge on any atom is -0.297 e. The van der Waals surface area contributed by atoms with E-state index in [1.54, 1.807) is 12.1 Å². The van der Waals surface area contributed by atoms with E-state index in [1.165, 1.54) is 12.1 Å². The Bertz CT molecular complexity index is 525. The Labute approximate surface area is 135 Å². The highest BCUT2D eigenvalue weighted by molar-refractivity contribution is 5.27. The van der Waals surface area contributed by atoms with E-state index in [0.717, 1.165) is 51.4 Å². The van der Waals surface area contributed by atoms with Crippen LogP contribution in [0.1, 0.15) is 17.3 Å². The first-order chi connectivity index (χ1) is 11.0. The molecule has 0 saturated carbocycles. The fraction of sp³-hybridized carbons (Fsp3) is 0.529. The van der Waals surface area contributed by atoms with Crippen LogP contribution in [0.5, 0.6) is 0 Å². The van der Waals surface area contributed by atoms with Crippen LogP contribution in [0, 0.1) is 0 Å². The van der Waals surface area contributed by atoms with E-state index in [9.17, 15) is 13.2 Å². The molecule has 2 fully saturated rings. The van der Waals surface area contributed by atoms with Crippen molar-refractivity contribution in [3.63, 3.8) is 0 Å². The molecule has 2 bridgehead atoms. The Morgan fingerprint density at radius 3 is 1.96 bits per heavy atom. The Hall–Kier alpha value is -1.37. The standard InChI is InChI=1S/C17H22F3N3/c1-2-7-21-8-10-22-12-13-23(11-9-21)16(22)14-3-5-15(6-4-14)17(18,19)20/h2-6,16H,1,7-13H2. The summed E-state index contributed by atoms with van der Waals surface area (Å²) in [6.07, 6.45) is -2.26. The molecule has 3 nitrogen and oxygen atoms in total. The molecule has 2 atom stereocenters. The quantitative estimate of drug-likeness (QED) is 0.791. The molecule has 1 aromatic rings. The van der Waals surface area contributed by atoms with Gasteiger partial charge in [-0.15, -0.1) is 6.58 Å². The molecule has 0 radical (unpaired) electrons. The molecule has 23 heavy (non-hydrogen) atoms. The average Bonchev–Trinajstić information content (AvgIpc) is 2.94. The molecule has 0 amide bonds. The van der Waals surface area contributed by atoms with Gasteiger partial charge in [0.1, 0.15) is 0 Å². The molecule has 3 rings (SSSR count). The number of halogens is 3. The molecule has 0 spiro atoms. The lowest BCUT2D eigenvalue weighted by Crippen LogP contribution is -2.44. The minimum absolute atomic E-state index is 0.100. The van der Waals surface area contributed by atoms with E-state index >= 15 is 0 Å². The second kappa shape index (κ2) is 6.63. The van der Waals surface area contributed by atoms with E-state index in [0.29, 0.717) is 0 Å². The van der Waals surface area contributed by atoms with Crippen molar-refractivity contribution in [1.82, 2.24) is 14.7 Å². The van der Waals surface area contributed by atoms with Crippen LogP contribution in [0.15, 0.2) is 36.9 Å². The number of fused-ring (bicyclic) bond motifs is 2. The summed E-state index contributed by atoms with van der Waals surface area (Å²) in [5, 5.41) is 0. The van der Waals surface area contributed by atoms with Crippen molar-refractivity contribution in [1.29, 1.82) is 0 Å². The van der Waals surface area contributed by atoms with E-state index in [4.69, 9.17) is 0 Å². The smallest absolute Gasteiger partial charge is 0.297 e. The SMILES string of the molecule is C=CCN1CCN2CCN(CC1)C2c1ccc(C(F)(F)F)cc1. The maximum absolute atomic E-state index is 12.7. The highest BCUT2D eigenvalue weighted by Gasteiger charge is 2.35. The van der Waals surface area contributed by atoms with E-state index in [-0.39, 0.29) is 6.17 Å². The first kappa shape index (κ1) is 16.5. The van der Waals surface area contributed by atoms with Crippen molar-refractivity contribution < 1.29 is 13.2 Å². The Morgan fingerprint density at radius 2 is 1.48 bits per heavy atom. The van der Waals surface area contributed by atoms with Gasteiger partial charge in [0.15, 0.2) is 0 Å². The largest absolute Gasteiger partial charge is 0.416 e. The van der Waals surface area contributed by atoms with Crippen molar-refractivity contribution in [2.45, 2.75) is 12.3 Å². The molecular formula is C17H22F3N3. The zero-order valence-electron chi connectivity index (χ0n) is 13.1. The first-order valence-corrected chi connectivity index (χ1v) is 7.97.